The zero-order chi connectivity index (χ0) is 19.3. The van der Waals surface area contributed by atoms with Gasteiger partial charge < -0.3 is 4.57 Å². The predicted molar refractivity (Wildman–Crippen MR) is 117 cm³/mol. The molecule has 2 aromatic heterocycles. The quantitative estimate of drug-likeness (QED) is 0.346. The molecule has 0 saturated carbocycles. The van der Waals surface area contributed by atoms with Crippen LogP contribution in [0.1, 0.15) is 11.3 Å². The number of hydrogen-bond acceptors (Lipinski definition) is 0. The Labute approximate surface area is 165 Å². The molecule has 5 aromatic rings. The zero-order valence-electron chi connectivity index (χ0n) is 16.5. The molecular weight excluding hydrogens is 340 g/mol. The molecule has 2 heterocycles. The number of pyridine rings is 1. The van der Waals surface area contributed by atoms with Gasteiger partial charge in [0.15, 0.2) is 11.9 Å². The minimum absolute atomic E-state index is 1.23. The van der Waals surface area contributed by atoms with Gasteiger partial charge in [-0.05, 0) is 29.8 Å². The van der Waals surface area contributed by atoms with Crippen LogP contribution in [0.3, 0.4) is 0 Å². The van der Waals surface area contributed by atoms with Gasteiger partial charge in [0.05, 0.1) is 11.1 Å². The van der Waals surface area contributed by atoms with Crippen molar-refractivity contribution >= 4 is 21.5 Å². The van der Waals surface area contributed by atoms with Gasteiger partial charge in [-0.15, -0.1) is 0 Å². The van der Waals surface area contributed by atoms with Crippen LogP contribution >= 0.6 is 0 Å². The third-order valence-corrected chi connectivity index (χ3v) is 5.74. The third kappa shape index (κ3) is 2.45. The van der Waals surface area contributed by atoms with E-state index in [1.165, 1.54) is 49.7 Å². The Bertz CT molecular complexity index is 1340. The molecule has 0 aliphatic heterocycles. The number of fused-ring (bicyclic) bond motifs is 2. The molecule has 0 radical (unpaired) electrons. The van der Waals surface area contributed by atoms with Crippen molar-refractivity contribution in [3.8, 4) is 16.9 Å². The molecule has 136 valence electrons. The van der Waals surface area contributed by atoms with Gasteiger partial charge in [0.2, 0.25) is 5.69 Å². The van der Waals surface area contributed by atoms with Crippen LogP contribution in [0.2, 0.25) is 0 Å². The lowest BCUT2D eigenvalue weighted by Gasteiger charge is -2.14. The van der Waals surface area contributed by atoms with Crippen molar-refractivity contribution in [3.63, 3.8) is 0 Å². The van der Waals surface area contributed by atoms with E-state index in [-0.39, 0.29) is 0 Å². The molecular formula is C26H23N2+. The van der Waals surface area contributed by atoms with E-state index in [4.69, 9.17) is 0 Å². The maximum atomic E-state index is 2.34. The molecule has 0 fully saturated rings. The topological polar surface area (TPSA) is 8.81 Å². The maximum Gasteiger partial charge on any atom is 0.222 e. The van der Waals surface area contributed by atoms with Gasteiger partial charge in [0.25, 0.3) is 0 Å². The third-order valence-electron chi connectivity index (χ3n) is 5.74. The number of rotatable bonds is 2. The normalized spacial score (nSPS) is 11.4. The Hall–Kier alpha value is -3.39. The first-order valence-corrected chi connectivity index (χ1v) is 9.69. The van der Waals surface area contributed by atoms with Crippen molar-refractivity contribution in [2.45, 2.75) is 13.8 Å². The Balaban J connectivity index is 1.93. The molecule has 5 rings (SSSR count). The molecule has 0 aliphatic carbocycles. The summed E-state index contributed by atoms with van der Waals surface area (Å²) in [5, 5.41) is 5.11. The van der Waals surface area contributed by atoms with Gasteiger partial charge in [0.1, 0.15) is 0 Å². The van der Waals surface area contributed by atoms with E-state index in [9.17, 15) is 0 Å². The highest BCUT2D eigenvalue weighted by Crippen LogP contribution is 2.37. The number of nitrogens with zero attached hydrogens (tertiary/aromatic N) is 2. The Morgan fingerprint density at radius 2 is 1.43 bits per heavy atom. The van der Waals surface area contributed by atoms with Crippen molar-refractivity contribution in [2.75, 3.05) is 0 Å². The van der Waals surface area contributed by atoms with Gasteiger partial charge in [0, 0.05) is 48.8 Å². The summed E-state index contributed by atoms with van der Waals surface area (Å²) in [6, 6.07) is 26.0. The Morgan fingerprint density at radius 1 is 0.750 bits per heavy atom. The second-order valence-corrected chi connectivity index (χ2v) is 7.51. The molecule has 0 N–H and O–H groups in total. The lowest BCUT2D eigenvalue weighted by atomic mass is 9.95. The fraction of sp³-hybridized carbons (Fsp3) is 0.115. The highest BCUT2D eigenvalue weighted by molar-refractivity contribution is 6.01. The molecule has 0 saturated heterocycles. The van der Waals surface area contributed by atoms with Crippen molar-refractivity contribution in [1.29, 1.82) is 0 Å². The van der Waals surface area contributed by atoms with Crippen molar-refractivity contribution in [1.82, 2.24) is 4.57 Å². The van der Waals surface area contributed by atoms with E-state index in [0.717, 1.165) is 0 Å². The Morgan fingerprint density at radius 3 is 2.21 bits per heavy atom. The zero-order valence-corrected chi connectivity index (χ0v) is 16.5. The maximum absolute atomic E-state index is 2.34. The average molecular weight is 363 g/mol. The fourth-order valence-electron chi connectivity index (χ4n) is 4.39. The lowest BCUT2D eigenvalue weighted by Crippen LogP contribution is -2.34. The fourth-order valence-corrected chi connectivity index (χ4v) is 4.39. The number of hydrogen-bond donors (Lipinski definition) is 0. The highest BCUT2D eigenvalue weighted by atomic mass is 15.0. The second kappa shape index (κ2) is 6.35. The standard InChI is InChI=1S/C26H23N2/c1-18-10-8-9-15-28(18)25-19(2)24(16-20-11-4-6-13-22(20)25)26-23-14-7-5-12-21(23)17-27(26)3/h4-17H,1-3H3/q+1. The number of benzene rings is 3. The first kappa shape index (κ1) is 16.8. The van der Waals surface area contributed by atoms with Crippen molar-refractivity contribution in [3.05, 3.63) is 96.4 Å². The first-order valence-electron chi connectivity index (χ1n) is 9.69. The van der Waals surface area contributed by atoms with E-state index >= 15 is 0 Å². The summed E-state index contributed by atoms with van der Waals surface area (Å²) in [5.74, 6) is 0. The van der Waals surface area contributed by atoms with Gasteiger partial charge in [-0.1, -0.05) is 48.5 Å². The summed E-state index contributed by atoms with van der Waals surface area (Å²) in [5.41, 5.74) is 6.34. The Kier molecular flexibility index (Phi) is 3.80. The summed E-state index contributed by atoms with van der Waals surface area (Å²) in [6.07, 6.45) is 4.39. The monoisotopic (exact) mass is 363 g/mol. The SMILES string of the molecule is Cc1c(-c2c3ccccc3cn2C)cc2ccccc2c1-[n+]1ccccc1C. The van der Waals surface area contributed by atoms with Gasteiger partial charge >= 0.3 is 0 Å². The summed E-state index contributed by atoms with van der Waals surface area (Å²) in [4.78, 5) is 0. The average Bonchev–Trinajstić information content (AvgIpc) is 3.04. The molecule has 28 heavy (non-hydrogen) atoms. The van der Waals surface area contributed by atoms with E-state index < -0.39 is 0 Å². The van der Waals surface area contributed by atoms with Crippen LogP contribution in [-0.4, -0.2) is 4.57 Å². The van der Waals surface area contributed by atoms with Crippen LogP contribution in [0.4, 0.5) is 0 Å². The van der Waals surface area contributed by atoms with Gasteiger partial charge in [-0.3, -0.25) is 0 Å². The van der Waals surface area contributed by atoms with Crippen LogP contribution in [0.5, 0.6) is 0 Å². The lowest BCUT2D eigenvalue weighted by molar-refractivity contribution is -0.601. The van der Waals surface area contributed by atoms with E-state index in [2.05, 4.69) is 115 Å². The number of aryl methyl sites for hydroxylation is 2. The summed E-state index contributed by atoms with van der Waals surface area (Å²) in [7, 11) is 2.14. The van der Waals surface area contributed by atoms with Crippen LogP contribution in [-0.2, 0) is 7.05 Å². The number of aromatic nitrogens is 2. The summed E-state index contributed by atoms with van der Waals surface area (Å²) in [6.45, 7) is 4.41. The summed E-state index contributed by atoms with van der Waals surface area (Å²) >= 11 is 0. The molecule has 0 aliphatic rings. The second-order valence-electron chi connectivity index (χ2n) is 7.51. The van der Waals surface area contributed by atoms with Crippen LogP contribution in [0.15, 0.2) is 85.2 Å². The minimum Gasteiger partial charge on any atom is -0.349 e. The first-order chi connectivity index (χ1) is 13.6. The van der Waals surface area contributed by atoms with Crippen LogP contribution < -0.4 is 4.57 Å². The van der Waals surface area contributed by atoms with Crippen molar-refractivity contribution in [2.24, 2.45) is 7.05 Å². The highest BCUT2D eigenvalue weighted by Gasteiger charge is 2.22. The van der Waals surface area contributed by atoms with Crippen LogP contribution in [0.25, 0.3) is 38.5 Å². The van der Waals surface area contributed by atoms with E-state index in [0.29, 0.717) is 0 Å². The molecule has 3 aromatic carbocycles. The van der Waals surface area contributed by atoms with Gasteiger partial charge in [-0.2, -0.15) is 4.57 Å². The van der Waals surface area contributed by atoms with E-state index in [1.807, 2.05) is 0 Å². The van der Waals surface area contributed by atoms with Crippen LogP contribution in [0, 0.1) is 13.8 Å². The van der Waals surface area contributed by atoms with Crippen molar-refractivity contribution < 1.29 is 4.57 Å². The molecule has 0 spiro atoms. The largest absolute Gasteiger partial charge is 0.349 e. The molecule has 0 unspecified atom stereocenters. The van der Waals surface area contributed by atoms with Gasteiger partial charge in [-0.25, -0.2) is 0 Å². The minimum atomic E-state index is 1.23. The van der Waals surface area contributed by atoms with E-state index in [1.54, 1.807) is 0 Å². The summed E-state index contributed by atoms with van der Waals surface area (Å²) < 4.78 is 4.57. The predicted octanol–water partition coefficient (Wildman–Crippen LogP) is 5.89. The molecule has 2 heteroatoms. The smallest absolute Gasteiger partial charge is 0.222 e. The molecule has 0 atom stereocenters. The molecule has 0 bridgehead atoms. The molecule has 2 nitrogen and oxygen atoms in total. The molecule has 0 amide bonds.